The fourth-order valence-corrected chi connectivity index (χ4v) is 5.91. The van der Waals surface area contributed by atoms with Crippen LogP contribution in [-0.2, 0) is 31.0 Å². The maximum absolute atomic E-state index is 5.05. The van der Waals surface area contributed by atoms with Gasteiger partial charge in [-0.05, 0) is 16.7 Å². The van der Waals surface area contributed by atoms with Crippen LogP contribution in [0.3, 0.4) is 0 Å². The number of fused-ring (bicyclic) bond motifs is 1. The summed E-state index contributed by atoms with van der Waals surface area (Å²) in [6.07, 6.45) is 0.975. The molecular weight excluding hydrogens is 442 g/mol. The van der Waals surface area contributed by atoms with E-state index in [1.165, 1.54) is 27.9 Å². The van der Waals surface area contributed by atoms with Crippen molar-refractivity contribution in [2.45, 2.75) is 41.2 Å². The van der Waals surface area contributed by atoms with Crippen LogP contribution in [0.25, 0.3) is 0 Å². The van der Waals surface area contributed by atoms with E-state index in [9.17, 15) is 0 Å². The molecule has 0 spiro atoms. The molecular formula is C28H27N3S2. The monoisotopic (exact) mass is 469 g/mol. The Morgan fingerprint density at radius 3 is 1.88 bits per heavy atom. The van der Waals surface area contributed by atoms with Crippen LogP contribution in [0.5, 0.6) is 0 Å². The number of rotatable bonds is 8. The minimum atomic E-state index is 0.891. The predicted octanol–water partition coefficient (Wildman–Crippen LogP) is 6.62. The van der Waals surface area contributed by atoms with Crippen LogP contribution in [-0.4, -0.2) is 21.4 Å². The van der Waals surface area contributed by atoms with E-state index in [0.717, 1.165) is 47.7 Å². The van der Waals surface area contributed by atoms with E-state index < -0.39 is 0 Å². The maximum Gasteiger partial charge on any atom is 0.189 e. The van der Waals surface area contributed by atoms with E-state index >= 15 is 0 Å². The van der Waals surface area contributed by atoms with Crippen molar-refractivity contribution in [1.82, 2.24) is 14.9 Å². The molecule has 0 atom stereocenters. The highest BCUT2D eigenvalue weighted by molar-refractivity contribution is 7.99. The quantitative estimate of drug-likeness (QED) is 0.164. The van der Waals surface area contributed by atoms with Crippen LogP contribution in [0.2, 0.25) is 0 Å². The molecule has 0 unspecified atom stereocenters. The molecule has 0 fully saturated rings. The van der Waals surface area contributed by atoms with Crippen molar-refractivity contribution in [2.24, 2.45) is 0 Å². The Hall–Kier alpha value is -2.60. The molecule has 3 nitrogen and oxygen atoms in total. The van der Waals surface area contributed by atoms with Crippen LogP contribution in [0.15, 0.2) is 101 Å². The second kappa shape index (κ2) is 11.0. The normalized spacial score (nSPS) is 13.6. The zero-order chi connectivity index (χ0) is 22.3. The minimum Gasteiger partial charge on any atom is -0.294 e. The molecule has 1 aliphatic heterocycles. The third kappa shape index (κ3) is 6.05. The summed E-state index contributed by atoms with van der Waals surface area (Å²) in [6, 6.07) is 32.0. The van der Waals surface area contributed by atoms with Gasteiger partial charge in [0.1, 0.15) is 5.03 Å². The fraction of sp³-hybridized carbons (Fsp3) is 0.214. The number of hydrogen-bond acceptors (Lipinski definition) is 5. The van der Waals surface area contributed by atoms with Gasteiger partial charge in [0, 0.05) is 43.1 Å². The molecule has 1 aliphatic rings. The molecule has 1 aromatic heterocycles. The summed E-state index contributed by atoms with van der Waals surface area (Å²) in [5.74, 6) is 1.81. The molecule has 0 bridgehead atoms. The SMILES string of the molecule is c1ccc(CSc2nc3c(c(SCc4ccccc4)n2)CN(Cc2ccccc2)CC3)cc1. The summed E-state index contributed by atoms with van der Waals surface area (Å²) in [5.41, 5.74) is 6.51. The summed E-state index contributed by atoms with van der Waals surface area (Å²) < 4.78 is 0. The third-order valence-electron chi connectivity index (χ3n) is 5.76. The Labute approximate surface area is 204 Å². The number of thioether (sulfide) groups is 2. The van der Waals surface area contributed by atoms with Crippen LogP contribution in [0.1, 0.15) is 27.9 Å². The molecule has 166 valence electrons. The first-order valence-electron chi connectivity index (χ1n) is 11.3. The third-order valence-corrected chi connectivity index (χ3v) is 7.77. The van der Waals surface area contributed by atoms with Crippen LogP contribution < -0.4 is 0 Å². The number of aromatic nitrogens is 2. The van der Waals surface area contributed by atoms with Gasteiger partial charge in [-0.1, -0.05) is 103 Å². The van der Waals surface area contributed by atoms with Crippen molar-refractivity contribution in [3.8, 4) is 0 Å². The Morgan fingerprint density at radius 1 is 0.667 bits per heavy atom. The largest absolute Gasteiger partial charge is 0.294 e. The Bertz CT molecular complexity index is 1170. The van der Waals surface area contributed by atoms with Gasteiger partial charge in [0.15, 0.2) is 5.16 Å². The smallest absolute Gasteiger partial charge is 0.189 e. The van der Waals surface area contributed by atoms with Crippen LogP contribution in [0, 0.1) is 0 Å². The van der Waals surface area contributed by atoms with Crippen LogP contribution in [0.4, 0.5) is 0 Å². The Morgan fingerprint density at radius 2 is 1.24 bits per heavy atom. The van der Waals surface area contributed by atoms with E-state index in [-0.39, 0.29) is 0 Å². The molecule has 4 aromatic rings. The van der Waals surface area contributed by atoms with E-state index in [4.69, 9.17) is 9.97 Å². The van der Waals surface area contributed by atoms with Crippen molar-refractivity contribution in [2.75, 3.05) is 6.54 Å². The first kappa shape index (κ1) is 22.2. The molecule has 0 amide bonds. The standard InChI is InChI=1S/C28H27N3S2/c1-4-10-22(11-5-1)18-31-17-16-26-25(19-31)27(32-20-23-12-6-2-7-13-23)30-28(29-26)33-21-24-14-8-3-9-15-24/h1-15H,16-21H2. The molecule has 3 aromatic carbocycles. The lowest BCUT2D eigenvalue weighted by Gasteiger charge is -2.29. The highest BCUT2D eigenvalue weighted by Gasteiger charge is 2.23. The van der Waals surface area contributed by atoms with Gasteiger partial charge in [-0.2, -0.15) is 0 Å². The lowest BCUT2D eigenvalue weighted by molar-refractivity contribution is 0.239. The van der Waals surface area contributed by atoms with Gasteiger partial charge in [-0.25, -0.2) is 9.97 Å². The van der Waals surface area contributed by atoms with Gasteiger partial charge >= 0.3 is 0 Å². The van der Waals surface area contributed by atoms with E-state index in [2.05, 4.69) is 95.9 Å². The van der Waals surface area contributed by atoms with E-state index in [1.54, 1.807) is 11.8 Å². The van der Waals surface area contributed by atoms with Gasteiger partial charge in [-0.15, -0.1) is 11.8 Å². The molecule has 0 saturated carbocycles. The molecule has 5 rings (SSSR count). The van der Waals surface area contributed by atoms with Gasteiger partial charge in [0.25, 0.3) is 0 Å². The number of nitrogens with zero attached hydrogens (tertiary/aromatic N) is 3. The molecule has 2 heterocycles. The first-order valence-corrected chi connectivity index (χ1v) is 13.3. The number of hydrogen-bond donors (Lipinski definition) is 0. The molecule has 0 saturated heterocycles. The topological polar surface area (TPSA) is 29.0 Å². The number of benzene rings is 3. The van der Waals surface area contributed by atoms with Crippen molar-refractivity contribution in [1.29, 1.82) is 0 Å². The van der Waals surface area contributed by atoms with E-state index in [0.29, 0.717) is 0 Å². The second-order valence-electron chi connectivity index (χ2n) is 8.23. The lowest BCUT2D eigenvalue weighted by Crippen LogP contribution is -2.31. The Kier molecular flexibility index (Phi) is 7.41. The summed E-state index contributed by atoms with van der Waals surface area (Å²) in [7, 11) is 0. The molecule has 0 radical (unpaired) electrons. The fourth-order valence-electron chi connectivity index (χ4n) is 4.03. The average Bonchev–Trinajstić information content (AvgIpc) is 2.88. The molecule has 5 heteroatoms. The van der Waals surface area contributed by atoms with Gasteiger partial charge in [0.05, 0.1) is 5.69 Å². The Balaban J connectivity index is 1.37. The van der Waals surface area contributed by atoms with Gasteiger partial charge in [-0.3, -0.25) is 4.90 Å². The van der Waals surface area contributed by atoms with E-state index in [1.807, 2.05) is 11.8 Å². The summed E-state index contributed by atoms with van der Waals surface area (Å²) in [5, 5.41) is 2.03. The molecule has 33 heavy (non-hydrogen) atoms. The minimum absolute atomic E-state index is 0.891. The zero-order valence-corrected chi connectivity index (χ0v) is 20.2. The maximum atomic E-state index is 5.05. The second-order valence-corrected chi connectivity index (χ2v) is 10.1. The van der Waals surface area contributed by atoms with Crippen molar-refractivity contribution in [3.63, 3.8) is 0 Å². The summed E-state index contributed by atoms with van der Waals surface area (Å²) >= 11 is 3.58. The van der Waals surface area contributed by atoms with Crippen molar-refractivity contribution >= 4 is 23.5 Å². The first-order chi connectivity index (χ1) is 16.3. The summed E-state index contributed by atoms with van der Waals surface area (Å²) in [6.45, 7) is 2.91. The van der Waals surface area contributed by atoms with Crippen molar-refractivity contribution in [3.05, 3.63) is 119 Å². The predicted molar refractivity (Wildman–Crippen MR) is 138 cm³/mol. The molecule has 0 aliphatic carbocycles. The molecule has 0 N–H and O–H groups in total. The highest BCUT2D eigenvalue weighted by atomic mass is 32.2. The van der Waals surface area contributed by atoms with Gasteiger partial charge in [0.2, 0.25) is 0 Å². The van der Waals surface area contributed by atoms with Crippen LogP contribution >= 0.6 is 23.5 Å². The highest BCUT2D eigenvalue weighted by Crippen LogP contribution is 2.33. The van der Waals surface area contributed by atoms with Gasteiger partial charge < -0.3 is 0 Å². The summed E-state index contributed by atoms with van der Waals surface area (Å²) in [4.78, 5) is 12.6. The van der Waals surface area contributed by atoms with Crippen molar-refractivity contribution < 1.29 is 0 Å². The lowest BCUT2D eigenvalue weighted by atomic mass is 10.1. The zero-order valence-electron chi connectivity index (χ0n) is 18.6. The average molecular weight is 470 g/mol.